The summed E-state index contributed by atoms with van der Waals surface area (Å²) in [5, 5.41) is 0. The first-order valence-corrected chi connectivity index (χ1v) is 9.05. The van der Waals surface area contributed by atoms with Crippen LogP contribution < -0.4 is 5.73 Å². The predicted octanol–water partition coefficient (Wildman–Crippen LogP) is 5.16. The maximum Gasteiger partial charge on any atom is 0.126 e. The van der Waals surface area contributed by atoms with Crippen LogP contribution in [0.1, 0.15) is 46.2 Å². The minimum absolute atomic E-state index is 0.120. The monoisotopic (exact) mass is 367 g/mol. The highest BCUT2D eigenvalue weighted by Crippen LogP contribution is 2.33. The topological polar surface area (TPSA) is 26.0 Å². The zero-order valence-corrected chi connectivity index (χ0v) is 14.3. The third-order valence-corrected chi connectivity index (χ3v) is 5.94. The summed E-state index contributed by atoms with van der Waals surface area (Å²) in [6, 6.07) is 7.18. The van der Waals surface area contributed by atoms with Gasteiger partial charge in [0.2, 0.25) is 0 Å². The Morgan fingerprint density at radius 3 is 2.86 bits per heavy atom. The van der Waals surface area contributed by atoms with Gasteiger partial charge in [0.25, 0.3) is 0 Å². The number of hydrogen-bond donors (Lipinski definition) is 1. The lowest BCUT2D eigenvalue weighted by Crippen LogP contribution is -2.12. The molecule has 2 aromatic rings. The third kappa shape index (κ3) is 3.55. The van der Waals surface area contributed by atoms with E-state index in [1.807, 2.05) is 17.4 Å². The fraction of sp³-hybridized carbons (Fsp3) is 0.412. The lowest BCUT2D eigenvalue weighted by atomic mass is 10.0. The van der Waals surface area contributed by atoms with Crippen molar-refractivity contribution in [2.24, 2.45) is 5.73 Å². The normalized spacial score (nSPS) is 16.3. The van der Waals surface area contributed by atoms with Crippen LogP contribution in [-0.4, -0.2) is 0 Å². The van der Waals surface area contributed by atoms with Gasteiger partial charge in [-0.1, -0.05) is 22.4 Å². The van der Waals surface area contributed by atoms with Crippen LogP contribution in [0.25, 0.3) is 0 Å². The predicted molar refractivity (Wildman–Crippen MR) is 90.3 cm³/mol. The van der Waals surface area contributed by atoms with Crippen molar-refractivity contribution >= 4 is 27.3 Å². The molecule has 3 rings (SSSR count). The molecule has 1 heterocycles. The van der Waals surface area contributed by atoms with Crippen molar-refractivity contribution in [3.05, 3.63) is 55.4 Å². The van der Waals surface area contributed by atoms with Crippen LogP contribution in [0.2, 0.25) is 0 Å². The van der Waals surface area contributed by atoms with Gasteiger partial charge in [-0.05, 0) is 67.5 Å². The number of aryl methyl sites for hydroxylation is 2. The van der Waals surface area contributed by atoms with Crippen molar-refractivity contribution in [1.29, 1.82) is 0 Å². The van der Waals surface area contributed by atoms with Gasteiger partial charge in [-0.2, -0.15) is 0 Å². The molecule has 1 aliphatic carbocycles. The Labute approximate surface area is 137 Å². The largest absolute Gasteiger partial charge is 0.323 e. The van der Waals surface area contributed by atoms with Crippen LogP contribution in [0.5, 0.6) is 0 Å². The molecular formula is C17H19BrFNS. The van der Waals surface area contributed by atoms with E-state index >= 15 is 0 Å². The number of thiophene rings is 1. The standard InChI is InChI=1S/C17H19BrFNS/c18-13-6-7-14(19)12(8-13)9-15(20)17-10-11-4-2-1-3-5-16(11)21-17/h6-8,10,15H,1-5,9,20H2. The SMILES string of the molecule is NC(Cc1cc(Br)ccc1F)c1cc2c(s1)CCCCC2. The lowest BCUT2D eigenvalue weighted by molar-refractivity contribution is 0.594. The number of rotatable bonds is 3. The zero-order chi connectivity index (χ0) is 14.8. The molecule has 0 saturated carbocycles. The van der Waals surface area contributed by atoms with Crippen molar-refractivity contribution in [1.82, 2.24) is 0 Å². The summed E-state index contributed by atoms with van der Waals surface area (Å²) in [6.07, 6.45) is 6.78. The molecule has 112 valence electrons. The summed E-state index contributed by atoms with van der Waals surface area (Å²) in [6.45, 7) is 0. The van der Waals surface area contributed by atoms with E-state index in [1.54, 1.807) is 6.07 Å². The Bertz CT molecular complexity index is 614. The number of fused-ring (bicyclic) bond motifs is 1. The Balaban J connectivity index is 1.79. The van der Waals surface area contributed by atoms with Crippen molar-refractivity contribution in [3.63, 3.8) is 0 Å². The highest BCUT2D eigenvalue weighted by atomic mass is 79.9. The van der Waals surface area contributed by atoms with Crippen LogP contribution in [-0.2, 0) is 19.3 Å². The number of halogens is 2. The van der Waals surface area contributed by atoms with E-state index in [4.69, 9.17) is 5.73 Å². The van der Waals surface area contributed by atoms with Gasteiger partial charge in [-0.15, -0.1) is 11.3 Å². The van der Waals surface area contributed by atoms with Crippen LogP contribution in [0.15, 0.2) is 28.7 Å². The van der Waals surface area contributed by atoms with Crippen LogP contribution in [0, 0.1) is 5.82 Å². The van der Waals surface area contributed by atoms with Crippen molar-refractivity contribution < 1.29 is 4.39 Å². The Morgan fingerprint density at radius 2 is 2.00 bits per heavy atom. The van der Waals surface area contributed by atoms with Crippen LogP contribution >= 0.6 is 27.3 Å². The zero-order valence-electron chi connectivity index (χ0n) is 11.9. The summed E-state index contributed by atoms with van der Waals surface area (Å²) in [4.78, 5) is 2.69. The first kappa shape index (κ1) is 15.2. The molecule has 1 nitrogen and oxygen atoms in total. The van der Waals surface area contributed by atoms with Gasteiger partial charge in [0.05, 0.1) is 0 Å². The molecule has 2 N–H and O–H groups in total. The van der Waals surface area contributed by atoms with Gasteiger partial charge in [0.15, 0.2) is 0 Å². The van der Waals surface area contributed by atoms with E-state index in [0.717, 1.165) is 4.47 Å². The van der Waals surface area contributed by atoms with E-state index in [1.165, 1.54) is 53.5 Å². The summed E-state index contributed by atoms with van der Waals surface area (Å²) >= 11 is 5.22. The van der Waals surface area contributed by atoms with Crippen molar-refractivity contribution in [3.8, 4) is 0 Å². The number of nitrogens with two attached hydrogens (primary N) is 1. The van der Waals surface area contributed by atoms with Gasteiger partial charge in [0, 0.05) is 20.3 Å². The van der Waals surface area contributed by atoms with Gasteiger partial charge >= 0.3 is 0 Å². The molecule has 0 fully saturated rings. The third-order valence-electron chi connectivity index (χ3n) is 4.08. The van der Waals surface area contributed by atoms with E-state index in [-0.39, 0.29) is 11.9 Å². The fourth-order valence-electron chi connectivity index (χ4n) is 2.91. The van der Waals surface area contributed by atoms with Gasteiger partial charge in [-0.25, -0.2) is 4.39 Å². The quantitative estimate of drug-likeness (QED) is 0.744. The molecule has 1 unspecified atom stereocenters. The molecule has 0 bridgehead atoms. The minimum atomic E-state index is -0.174. The van der Waals surface area contributed by atoms with Crippen molar-refractivity contribution in [2.75, 3.05) is 0 Å². The molecular weight excluding hydrogens is 349 g/mol. The molecule has 0 saturated heterocycles. The molecule has 4 heteroatoms. The smallest absolute Gasteiger partial charge is 0.126 e. The van der Waals surface area contributed by atoms with E-state index in [9.17, 15) is 4.39 Å². The summed E-state index contributed by atoms with van der Waals surface area (Å²) in [5.41, 5.74) is 8.48. The Kier molecular flexibility index (Phi) is 4.77. The second-order valence-electron chi connectivity index (χ2n) is 5.70. The summed E-state index contributed by atoms with van der Waals surface area (Å²) in [5.74, 6) is -0.174. The number of benzene rings is 1. The summed E-state index contributed by atoms with van der Waals surface area (Å²) < 4.78 is 14.7. The second-order valence-corrected chi connectivity index (χ2v) is 7.79. The maximum atomic E-state index is 13.9. The average Bonchev–Trinajstić information content (AvgIpc) is 2.74. The van der Waals surface area contributed by atoms with Gasteiger partial charge < -0.3 is 5.73 Å². The molecule has 0 amide bonds. The fourth-order valence-corrected chi connectivity index (χ4v) is 4.58. The molecule has 1 aromatic heterocycles. The van der Waals surface area contributed by atoms with Crippen LogP contribution in [0.4, 0.5) is 4.39 Å². The van der Waals surface area contributed by atoms with E-state index in [0.29, 0.717) is 12.0 Å². The van der Waals surface area contributed by atoms with E-state index < -0.39 is 0 Å². The van der Waals surface area contributed by atoms with Crippen LogP contribution in [0.3, 0.4) is 0 Å². The number of hydrogen-bond acceptors (Lipinski definition) is 2. The maximum absolute atomic E-state index is 13.9. The molecule has 0 radical (unpaired) electrons. The highest BCUT2D eigenvalue weighted by molar-refractivity contribution is 9.10. The van der Waals surface area contributed by atoms with Gasteiger partial charge in [-0.3, -0.25) is 0 Å². The molecule has 1 aromatic carbocycles. The van der Waals surface area contributed by atoms with Gasteiger partial charge in [0.1, 0.15) is 5.82 Å². The highest BCUT2D eigenvalue weighted by Gasteiger charge is 2.17. The average molecular weight is 368 g/mol. The second kappa shape index (κ2) is 6.59. The first-order valence-electron chi connectivity index (χ1n) is 7.44. The molecule has 21 heavy (non-hydrogen) atoms. The lowest BCUT2D eigenvalue weighted by Gasteiger charge is -2.11. The Hall–Kier alpha value is -0.710. The Morgan fingerprint density at radius 1 is 1.19 bits per heavy atom. The first-order chi connectivity index (χ1) is 10.1. The molecule has 0 spiro atoms. The molecule has 1 aliphatic rings. The minimum Gasteiger partial charge on any atom is -0.323 e. The molecule has 0 aliphatic heterocycles. The molecule has 1 atom stereocenters. The summed E-state index contributed by atoms with van der Waals surface area (Å²) in [7, 11) is 0. The van der Waals surface area contributed by atoms with E-state index in [2.05, 4.69) is 22.0 Å². The van der Waals surface area contributed by atoms with Crippen molar-refractivity contribution in [2.45, 2.75) is 44.6 Å².